The second-order valence-corrected chi connectivity index (χ2v) is 4.16. The highest BCUT2D eigenvalue weighted by atomic mass is 15.0. The fraction of sp³-hybridized carbons (Fsp3) is 0.231. The second kappa shape index (κ2) is 4.31. The van der Waals surface area contributed by atoms with Crippen molar-refractivity contribution in [1.29, 1.82) is 0 Å². The summed E-state index contributed by atoms with van der Waals surface area (Å²) in [5, 5.41) is 0. The van der Waals surface area contributed by atoms with E-state index < -0.39 is 0 Å². The first kappa shape index (κ1) is 10.6. The van der Waals surface area contributed by atoms with Crippen molar-refractivity contribution in [3.63, 3.8) is 0 Å². The highest BCUT2D eigenvalue weighted by Gasteiger charge is 2.03. The number of hydrogen-bond acceptors (Lipinski definition) is 2. The molecule has 0 fully saturated rings. The zero-order valence-corrected chi connectivity index (χ0v) is 9.57. The van der Waals surface area contributed by atoms with E-state index in [9.17, 15) is 0 Å². The van der Waals surface area contributed by atoms with Crippen LogP contribution in [0.5, 0.6) is 0 Å². The lowest BCUT2D eigenvalue weighted by atomic mass is 10.00. The van der Waals surface area contributed by atoms with Crippen LogP contribution < -0.4 is 10.7 Å². The molecule has 3 heteroatoms. The molecule has 16 heavy (non-hydrogen) atoms. The Hall–Kier alpha value is -1.90. The molecular weight excluding hydrogens is 198 g/mol. The molecule has 1 heterocycles. The van der Waals surface area contributed by atoms with E-state index in [-0.39, 0.29) is 0 Å². The normalized spacial score (nSPS) is 10.7. The van der Waals surface area contributed by atoms with Gasteiger partial charge in [0.25, 0.3) is 0 Å². The Morgan fingerprint density at radius 3 is 2.31 bits per heavy atom. The summed E-state index contributed by atoms with van der Waals surface area (Å²) in [6, 6.07) is 8.51. The van der Waals surface area contributed by atoms with Crippen LogP contribution in [0.25, 0.3) is 11.1 Å². The number of nitrogen functional groups attached to an aromatic ring is 1. The number of aromatic nitrogens is 2. The fourth-order valence-corrected chi connectivity index (χ4v) is 1.58. The molecule has 2 aromatic rings. The van der Waals surface area contributed by atoms with Gasteiger partial charge in [0, 0.05) is 5.56 Å². The summed E-state index contributed by atoms with van der Waals surface area (Å²) in [6.45, 7) is 4.38. The SMILES string of the molecule is CC(C)c1ccc(-c2cnc(N)[nH+]c2)cc1. The Morgan fingerprint density at radius 1 is 1.12 bits per heavy atom. The van der Waals surface area contributed by atoms with Gasteiger partial charge in [-0.05, 0) is 17.0 Å². The van der Waals surface area contributed by atoms with E-state index in [0.717, 1.165) is 11.1 Å². The lowest BCUT2D eigenvalue weighted by molar-refractivity contribution is -0.363. The standard InChI is InChI=1S/C13H15N3/c1-9(2)10-3-5-11(6-4-10)12-7-15-13(14)16-8-12/h3-9H,1-2H3,(H2,14,15,16)/p+1. The van der Waals surface area contributed by atoms with Crippen molar-refractivity contribution in [2.24, 2.45) is 0 Å². The van der Waals surface area contributed by atoms with Crippen LogP contribution in [0.2, 0.25) is 0 Å². The first-order valence-electron chi connectivity index (χ1n) is 5.40. The molecule has 0 radical (unpaired) electrons. The zero-order valence-electron chi connectivity index (χ0n) is 9.57. The van der Waals surface area contributed by atoms with Crippen LogP contribution in [0.3, 0.4) is 0 Å². The molecular formula is C13H16N3+. The van der Waals surface area contributed by atoms with E-state index in [2.05, 4.69) is 48.1 Å². The molecule has 0 saturated carbocycles. The summed E-state index contributed by atoms with van der Waals surface area (Å²) in [5.74, 6) is 0.993. The van der Waals surface area contributed by atoms with Gasteiger partial charge in [-0.3, -0.25) is 5.73 Å². The molecule has 0 unspecified atom stereocenters. The van der Waals surface area contributed by atoms with Gasteiger partial charge in [0.2, 0.25) is 0 Å². The predicted molar refractivity (Wildman–Crippen MR) is 64.7 cm³/mol. The quantitative estimate of drug-likeness (QED) is 0.833. The molecule has 0 atom stereocenters. The van der Waals surface area contributed by atoms with Crippen molar-refractivity contribution in [3.05, 3.63) is 42.2 Å². The number of nitrogens with zero attached hydrogens (tertiary/aromatic N) is 1. The number of rotatable bonds is 2. The van der Waals surface area contributed by atoms with Crippen LogP contribution in [0.1, 0.15) is 25.3 Å². The van der Waals surface area contributed by atoms with E-state index in [0.29, 0.717) is 11.9 Å². The molecule has 0 bridgehead atoms. The van der Waals surface area contributed by atoms with E-state index in [4.69, 9.17) is 5.73 Å². The summed E-state index contributed by atoms with van der Waals surface area (Å²) >= 11 is 0. The smallest absolute Gasteiger partial charge is 0.287 e. The summed E-state index contributed by atoms with van der Waals surface area (Å²) in [5.41, 5.74) is 9.04. The van der Waals surface area contributed by atoms with Crippen LogP contribution in [-0.4, -0.2) is 4.98 Å². The molecule has 0 spiro atoms. The van der Waals surface area contributed by atoms with Gasteiger partial charge in [-0.25, -0.2) is 4.98 Å². The Labute approximate surface area is 95.4 Å². The lowest BCUT2D eigenvalue weighted by Crippen LogP contribution is -2.11. The number of anilines is 1. The average Bonchev–Trinajstić information content (AvgIpc) is 2.30. The minimum Gasteiger partial charge on any atom is -0.287 e. The minimum absolute atomic E-state index is 0.433. The third kappa shape index (κ3) is 2.19. The largest absolute Gasteiger partial charge is 0.386 e. The van der Waals surface area contributed by atoms with Gasteiger partial charge in [-0.2, -0.15) is 0 Å². The lowest BCUT2D eigenvalue weighted by Gasteiger charge is -2.05. The summed E-state index contributed by atoms with van der Waals surface area (Å²) < 4.78 is 0. The average molecular weight is 214 g/mol. The van der Waals surface area contributed by atoms with E-state index >= 15 is 0 Å². The van der Waals surface area contributed by atoms with Gasteiger partial charge in [-0.15, -0.1) is 0 Å². The number of aromatic amines is 1. The highest BCUT2D eigenvalue weighted by molar-refractivity contribution is 5.61. The van der Waals surface area contributed by atoms with Crippen LogP contribution in [-0.2, 0) is 0 Å². The highest BCUT2D eigenvalue weighted by Crippen LogP contribution is 2.20. The van der Waals surface area contributed by atoms with Gasteiger partial charge < -0.3 is 0 Å². The van der Waals surface area contributed by atoms with Gasteiger partial charge in [0.1, 0.15) is 6.20 Å². The molecule has 1 aromatic heterocycles. The molecule has 82 valence electrons. The maximum absolute atomic E-state index is 5.50. The minimum atomic E-state index is 0.433. The molecule has 0 aliphatic heterocycles. The molecule has 0 aliphatic carbocycles. The Balaban J connectivity index is 2.31. The predicted octanol–water partition coefficient (Wildman–Crippen LogP) is 2.27. The maximum Gasteiger partial charge on any atom is 0.386 e. The van der Waals surface area contributed by atoms with Crippen molar-refractivity contribution < 1.29 is 4.98 Å². The van der Waals surface area contributed by atoms with Gasteiger partial charge in [0.15, 0.2) is 0 Å². The van der Waals surface area contributed by atoms with Gasteiger partial charge in [0.05, 0.1) is 6.20 Å². The molecule has 0 saturated heterocycles. The number of hydrogen-bond donors (Lipinski definition) is 1. The third-order valence-corrected chi connectivity index (χ3v) is 2.63. The van der Waals surface area contributed by atoms with Crippen LogP contribution in [0.15, 0.2) is 36.7 Å². The monoisotopic (exact) mass is 214 g/mol. The van der Waals surface area contributed by atoms with Crippen LogP contribution in [0, 0.1) is 0 Å². The number of nitrogens with two attached hydrogens (primary N) is 1. The molecule has 0 amide bonds. The topological polar surface area (TPSA) is 53.0 Å². The van der Waals surface area contributed by atoms with Crippen molar-refractivity contribution >= 4 is 5.95 Å². The first-order valence-corrected chi connectivity index (χ1v) is 5.40. The zero-order chi connectivity index (χ0) is 11.5. The van der Waals surface area contributed by atoms with Crippen LogP contribution in [0.4, 0.5) is 5.95 Å². The number of nitrogens with one attached hydrogen (secondary N) is 1. The maximum atomic E-state index is 5.50. The molecule has 3 nitrogen and oxygen atoms in total. The number of H-pyrrole nitrogens is 1. The first-order chi connectivity index (χ1) is 7.66. The molecule has 1 aromatic carbocycles. The molecule has 2 rings (SSSR count). The van der Waals surface area contributed by atoms with Gasteiger partial charge in [-0.1, -0.05) is 43.1 Å². The second-order valence-electron chi connectivity index (χ2n) is 4.16. The summed E-state index contributed by atoms with van der Waals surface area (Å²) in [6.07, 6.45) is 3.64. The third-order valence-electron chi connectivity index (χ3n) is 2.63. The Kier molecular flexibility index (Phi) is 2.86. The van der Waals surface area contributed by atoms with Crippen molar-refractivity contribution in [2.45, 2.75) is 19.8 Å². The molecule has 3 N–H and O–H groups in total. The Bertz CT molecular complexity index is 458. The summed E-state index contributed by atoms with van der Waals surface area (Å²) in [7, 11) is 0. The van der Waals surface area contributed by atoms with Crippen molar-refractivity contribution in [3.8, 4) is 11.1 Å². The van der Waals surface area contributed by atoms with Crippen LogP contribution >= 0.6 is 0 Å². The molecule has 0 aliphatic rings. The van der Waals surface area contributed by atoms with E-state index in [1.54, 1.807) is 6.20 Å². The number of benzene rings is 1. The van der Waals surface area contributed by atoms with E-state index in [1.807, 2.05) is 6.20 Å². The van der Waals surface area contributed by atoms with E-state index in [1.165, 1.54) is 5.56 Å². The fourth-order valence-electron chi connectivity index (χ4n) is 1.58. The van der Waals surface area contributed by atoms with Crippen molar-refractivity contribution in [2.75, 3.05) is 5.73 Å². The van der Waals surface area contributed by atoms with Crippen molar-refractivity contribution in [1.82, 2.24) is 4.98 Å². The Morgan fingerprint density at radius 2 is 1.81 bits per heavy atom. The van der Waals surface area contributed by atoms with Gasteiger partial charge >= 0.3 is 5.95 Å². The summed E-state index contributed by atoms with van der Waals surface area (Å²) in [4.78, 5) is 6.94.